The zero-order chi connectivity index (χ0) is 23.1. The number of benzene rings is 1. The number of carboxylic acid groups (broad SMARTS) is 1. The third-order valence-corrected chi connectivity index (χ3v) is 5.14. The number of unbranched alkanes of at least 4 members (excludes halogenated alkanes) is 6. The van der Waals surface area contributed by atoms with Gasteiger partial charge in [0.05, 0.1) is 6.42 Å². The van der Waals surface area contributed by atoms with E-state index in [0.717, 1.165) is 24.0 Å². The molecule has 0 aliphatic rings. The first-order valence-electron chi connectivity index (χ1n) is 11.4. The highest BCUT2D eigenvalue weighted by Crippen LogP contribution is 2.19. The molecule has 1 rings (SSSR count). The Morgan fingerprint density at radius 3 is 2.39 bits per heavy atom. The lowest BCUT2D eigenvalue weighted by atomic mass is 10.0. The van der Waals surface area contributed by atoms with E-state index in [9.17, 15) is 14.4 Å². The topological polar surface area (TPSA) is 95.5 Å². The van der Waals surface area contributed by atoms with E-state index in [1.54, 1.807) is 24.3 Å². The van der Waals surface area contributed by atoms with Crippen LogP contribution in [0.1, 0.15) is 90.5 Å². The Kier molecular flexibility index (Phi) is 13.0. The molecule has 2 amide bonds. The Hall–Kier alpha value is -2.63. The third-order valence-electron chi connectivity index (χ3n) is 5.14. The van der Waals surface area contributed by atoms with Gasteiger partial charge in [-0.05, 0) is 43.5 Å². The lowest BCUT2D eigenvalue weighted by Gasteiger charge is -2.13. The molecule has 31 heavy (non-hydrogen) atoms. The van der Waals surface area contributed by atoms with E-state index in [4.69, 9.17) is 5.11 Å². The number of anilines is 1. The molecule has 3 N–H and O–H groups in total. The Balaban J connectivity index is 2.46. The van der Waals surface area contributed by atoms with Gasteiger partial charge in [0.15, 0.2) is 0 Å². The van der Waals surface area contributed by atoms with E-state index in [-0.39, 0.29) is 30.7 Å². The number of nitrogens with one attached hydrogen (secondary N) is 2. The number of hydrogen-bond acceptors (Lipinski definition) is 3. The summed E-state index contributed by atoms with van der Waals surface area (Å²) in [5.41, 5.74) is 2.20. The van der Waals surface area contributed by atoms with Gasteiger partial charge in [0.2, 0.25) is 11.8 Å². The highest BCUT2D eigenvalue weighted by molar-refractivity contribution is 5.96. The molecule has 0 fully saturated rings. The van der Waals surface area contributed by atoms with E-state index in [2.05, 4.69) is 17.6 Å². The van der Waals surface area contributed by atoms with Crippen molar-refractivity contribution in [3.05, 3.63) is 35.9 Å². The summed E-state index contributed by atoms with van der Waals surface area (Å²) in [6.45, 7) is 6.11. The summed E-state index contributed by atoms with van der Waals surface area (Å²) in [5, 5.41) is 14.4. The molecule has 1 atom stereocenters. The lowest BCUT2D eigenvalue weighted by molar-refractivity contribution is -0.138. The first kappa shape index (κ1) is 26.4. The van der Waals surface area contributed by atoms with Crippen LogP contribution in [0.4, 0.5) is 5.69 Å². The quantitative estimate of drug-likeness (QED) is 0.251. The molecule has 0 saturated carbocycles. The Bertz CT molecular complexity index is 743. The predicted molar refractivity (Wildman–Crippen MR) is 126 cm³/mol. The summed E-state index contributed by atoms with van der Waals surface area (Å²) in [4.78, 5) is 34.7. The second-order valence-electron chi connectivity index (χ2n) is 8.17. The van der Waals surface area contributed by atoms with Gasteiger partial charge < -0.3 is 15.7 Å². The molecular weight excluding hydrogens is 392 g/mol. The monoisotopic (exact) mass is 430 g/mol. The number of rotatable bonds is 15. The fourth-order valence-electron chi connectivity index (χ4n) is 3.33. The van der Waals surface area contributed by atoms with Crippen molar-refractivity contribution in [2.24, 2.45) is 0 Å². The van der Waals surface area contributed by atoms with Crippen LogP contribution in [0.25, 0.3) is 5.57 Å². The SMILES string of the molecule is CCCCCCCCCC(C)NC(=O)/C=C(\C)c1cccc(NC(=O)CCC(=O)O)c1. The van der Waals surface area contributed by atoms with E-state index in [1.807, 2.05) is 19.9 Å². The second kappa shape index (κ2) is 15.2. The predicted octanol–water partition coefficient (Wildman–Crippen LogP) is 5.54. The largest absolute Gasteiger partial charge is 0.481 e. The smallest absolute Gasteiger partial charge is 0.303 e. The van der Waals surface area contributed by atoms with E-state index < -0.39 is 5.97 Å². The van der Waals surface area contributed by atoms with Gasteiger partial charge in [0, 0.05) is 24.2 Å². The van der Waals surface area contributed by atoms with E-state index in [1.165, 1.54) is 38.5 Å². The van der Waals surface area contributed by atoms with Crippen molar-refractivity contribution in [3.8, 4) is 0 Å². The molecule has 0 bridgehead atoms. The van der Waals surface area contributed by atoms with Gasteiger partial charge in [-0.2, -0.15) is 0 Å². The maximum Gasteiger partial charge on any atom is 0.303 e. The third kappa shape index (κ3) is 12.6. The molecule has 6 nitrogen and oxygen atoms in total. The average molecular weight is 431 g/mol. The molecular formula is C25H38N2O4. The minimum absolute atomic E-state index is 0.0760. The molecule has 0 saturated heterocycles. The first-order valence-corrected chi connectivity index (χ1v) is 11.4. The standard InChI is InChI=1S/C25H38N2O4/c1-4-5-6-7-8-9-10-12-20(3)26-24(29)17-19(2)21-13-11-14-22(18-21)27-23(28)15-16-25(30)31/h11,13-14,17-18,20H,4-10,12,15-16H2,1-3H3,(H,26,29)(H,27,28)(H,30,31)/b19-17+. The summed E-state index contributed by atoms with van der Waals surface area (Å²) < 4.78 is 0. The maximum absolute atomic E-state index is 12.3. The molecule has 6 heteroatoms. The van der Waals surface area contributed by atoms with Crippen LogP contribution in [-0.2, 0) is 14.4 Å². The summed E-state index contributed by atoms with van der Waals surface area (Å²) in [6.07, 6.45) is 11.1. The van der Waals surface area contributed by atoms with Gasteiger partial charge in [-0.3, -0.25) is 14.4 Å². The number of amides is 2. The van der Waals surface area contributed by atoms with Crippen LogP contribution in [0.3, 0.4) is 0 Å². The van der Waals surface area contributed by atoms with Gasteiger partial charge in [-0.15, -0.1) is 0 Å². The van der Waals surface area contributed by atoms with Crippen molar-refractivity contribution < 1.29 is 19.5 Å². The number of carbonyl (C=O) groups is 3. The number of carboxylic acids is 1. The van der Waals surface area contributed by atoms with Crippen LogP contribution < -0.4 is 10.6 Å². The van der Waals surface area contributed by atoms with Gasteiger partial charge in [0.25, 0.3) is 0 Å². The highest BCUT2D eigenvalue weighted by atomic mass is 16.4. The van der Waals surface area contributed by atoms with E-state index >= 15 is 0 Å². The molecule has 0 heterocycles. The molecule has 1 aromatic carbocycles. The fourth-order valence-corrected chi connectivity index (χ4v) is 3.33. The minimum Gasteiger partial charge on any atom is -0.481 e. The zero-order valence-electron chi connectivity index (χ0n) is 19.2. The Labute approximate surface area is 186 Å². The van der Waals surface area contributed by atoms with Crippen molar-refractivity contribution in [1.29, 1.82) is 0 Å². The van der Waals surface area contributed by atoms with Crippen molar-refractivity contribution in [2.75, 3.05) is 5.32 Å². The Morgan fingerprint density at radius 2 is 1.71 bits per heavy atom. The normalized spacial score (nSPS) is 12.3. The van der Waals surface area contributed by atoms with Crippen LogP contribution >= 0.6 is 0 Å². The van der Waals surface area contributed by atoms with Crippen LogP contribution in [0.2, 0.25) is 0 Å². The summed E-state index contributed by atoms with van der Waals surface area (Å²) >= 11 is 0. The van der Waals surface area contributed by atoms with Gasteiger partial charge in [-0.1, -0.05) is 64.0 Å². The molecule has 0 aromatic heterocycles. The van der Waals surface area contributed by atoms with Crippen molar-refractivity contribution in [3.63, 3.8) is 0 Å². The summed E-state index contributed by atoms with van der Waals surface area (Å²) in [7, 11) is 0. The molecule has 172 valence electrons. The van der Waals surface area contributed by atoms with Gasteiger partial charge in [0.1, 0.15) is 0 Å². The molecule has 0 spiro atoms. The number of aliphatic carboxylic acids is 1. The number of hydrogen-bond donors (Lipinski definition) is 3. The molecule has 1 unspecified atom stereocenters. The van der Waals surface area contributed by atoms with E-state index in [0.29, 0.717) is 5.69 Å². The summed E-state index contributed by atoms with van der Waals surface area (Å²) in [5.74, 6) is -1.48. The van der Waals surface area contributed by atoms with Crippen LogP contribution in [0.5, 0.6) is 0 Å². The van der Waals surface area contributed by atoms with Crippen LogP contribution in [0.15, 0.2) is 30.3 Å². The fraction of sp³-hybridized carbons (Fsp3) is 0.560. The van der Waals surface area contributed by atoms with Gasteiger partial charge in [-0.25, -0.2) is 0 Å². The summed E-state index contributed by atoms with van der Waals surface area (Å²) in [6, 6.07) is 7.31. The van der Waals surface area contributed by atoms with Crippen LogP contribution in [0, 0.1) is 0 Å². The van der Waals surface area contributed by atoms with Crippen LogP contribution in [-0.4, -0.2) is 28.9 Å². The first-order chi connectivity index (χ1) is 14.8. The van der Waals surface area contributed by atoms with Gasteiger partial charge >= 0.3 is 5.97 Å². The number of allylic oxidation sites excluding steroid dienone is 1. The molecule has 1 aromatic rings. The number of carbonyl (C=O) groups excluding carboxylic acids is 2. The molecule has 0 aliphatic heterocycles. The Morgan fingerprint density at radius 1 is 1.03 bits per heavy atom. The molecule has 0 radical (unpaired) electrons. The highest BCUT2D eigenvalue weighted by Gasteiger charge is 2.08. The maximum atomic E-state index is 12.3. The zero-order valence-corrected chi connectivity index (χ0v) is 19.2. The van der Waals surface area contributed by atoms with Crippen molar-refractivity contribution in [2.45, 2.75) is 91.0 Å². The molecule has 0 aliphatic carbocycles. The lowest BCUT2D eigenvalue weighted by Crippen LogP contribution is -2.31. The van der Waals surface area contributed by atoms with Crippen molar-refractivity contribution >= 4 is 29.0 Å². The minimum atomic E-state index is -1.00. The van der Waals surface area contributed by atoms with Crippen molar-refractivity contribution in [1.82, 2.24) is 5.32 Å². The average Bonchev–Trinajstić information content (AvgIpc) is 2.71. The second-order valence-corrected chi connectivity index (χ2v) is 8.17.